The van der Waals surface area contributed by atoms with E-state index in [-0.39, 0.29) is 11.7 Å². The molecular weight excluding hydrogens is 362 g/mol. The smallest absolute Gasteiger partial charge is 0.253 e. The standard InChI is InChI=1S/C24H25N3O2/c1-3-27(2)24(29)21-12-8-18(9-13-21)17-6-10-19(11-7-17)22(28)15-14-20-5-4-16-26-23(20)25/h4-13,16H,3,14-15H2,1-2H3,(H2,25,26). The molecule has 1 amide bonds. The van der Waals surface area contributed by atoms with Gasteiger partial charge in [0.1, 0.15) is 5.82 Å². The van der Waals surface area contributed by atoms with Gasteiger partial charge in [0.2, 0.25) is 0 Å². The molecular formula is C24H25N3O2. The Morgan fingerprint density at radius 1 is 0.931 bits per heavy atom. The van der Waals surface area contributed by atoms with E-state index >= 15 is 0 Å². The quantitative estimate of drug-likeness (QED) is 0.615. The summed E-state index contributed by atoms with van der Waals surface area (Å²) in [7, 11) is 1.79. The Balaban J connectivity index is 1.66. The summed E-state index contributed by atoms with van der Waals surface area (Å²) in [5.41, 5.74) is 10.1. The van der Waals surface area contributed by atoms with E-state index in [0.717, 1.165) is 16.7 Å². The van der Waals surface area contributed by atoms with Crippen molar-refractivity contribution in [1.82, 2.24) is 9.88 Å². The van der Waals surface area contributed by atoms with Crippen molar-refractivity contribution in [2.45, 2.75) is 19.8 Å². The number of hydrogen-bond donors (Lipinski definition) is 1. The fraction of sp³-hybridized carbons (Fsp3) is 0.208. The van der Waals surface area contributed by atoms with Gasteiger partial charge in [0, 0.05) is 37.3 Å². The van der Waals surface area contributed by atoms with E-state index in [0.29, 0.717) is 36.3 Å². The molecule has 2 N–H and O–H groups in total. The Bertz CT molecular complexity index is 995. The molecule has 0 unspecified atom stereocenters. The van der Waals surface area contributed by atoms with E-state index in [9.17, 15) is 9.59 Å². The van der Waals surface area contributed by atoms with E-state index in [4.69, 9.17) is 5.73 Å². The highest BCUT2D eigenvalue weighted by Crippen LogP contribution is 2.22. The Morgan fingerprint density at radius 2 is 1.52 bits per heavy atom. The molecule has 1 aromatic heterocycles. The maximum absolute atomic E-state index is 12.5. The van der Waals surface area contributed by atoms with Gasteiger partial charge in [0.05, 0.1) is 0 Å². The van der Waals surface area contributed by atoms with E-state index in [1.807, 2.05) is 67.6 Å². The molecule has 0 spiro atoms. The number of rotatable bonds is 7. The maximum Gasteiger partial charge on any atom is 0.253 e. The molecule has 5 heteroatoms. The molecule has 0 fully saturated rings. The number of hydrogen-bond acceptors (Lipinski definition) is 4. The number of pyridine rings is 1. The van der Waals surface area contributed by atoms with E-state index in [2.05, 4.69) is 4.98 Å². The topological polar surface area (TPSA) is 76.3 Å². The number of nitrogens with two attached hydrogens (primary N) is 1. The van der Waals surface area contributed by atoms with Gasteiger partial charge in [0.15, 0.2) is 5.78 Å². The Morgan fingerprint density at radius 3 is 2.07 bits per heavy atom. The number of nitrogen functional groups attached to an aromatic ring is 1. The van der Waals surface area contributed by atoms with Gasteiger partial charge in [-0.3, -0.25) is 9.59 Å². The van der Waals surface area contributed by atoms with Crippen LogP contribution in [0.25, 0.3) is 11.1 Å². The second kappa shape index (κ2) is 9.15. The van der Waals surface area contributed by atoms with Crippen LogP contribution in [0.3, 0.4) is 0 Å². The molecule has 0 bridgehead atoms. The molecule has 5 nitrogen and oxygen atoms in total. The van der Waals surface area contributed by atoms with Crippen LogP contribution in [0.5, 0.6) is 0 Å². The fourth-order valence-electron chi connectivity index (χ4n) is 3.07. The predicted octanol–water partition coefficient (Wildman–Crippen LogP) is 4.24. The first-order valence-corrected chi connectivity index (χ1v) is 9.68. The number of nitrogens with zero attached hydrogens (tertiary/aromatic N) is 2. The average Bonchev–Trinajstić information content (AvgIpc) is 2.77. The molecule has 0 radical (unpaired) electrons. The first-order chi connectivity index (χ1) is 14.0. The lowest BCUT2D eigenvalue weighted by Crippen LogP contribution is -2.26. The zero-order valence-corrected chi connectivity index (χ0v) is 16.8. The normalized spacial score (nSPS) is 10.6. The van der Waals surface area contributed by atoms with E-state index in [1.165, 1.54) is 0 Å². The van der Waals surface area contributed by atoms with Crippen molar-refractivity contribution in [3.05, 3.63) is 83.6 Å². The summed E-state index contributed by atoms with van der Waals surface area (Å²) in [4.78, 5) is 30.4. The highest BCUT2D eigenvalue weighted by molar-refractivity contribution is 5.97. The van der Waals surface area contributed by atoms with Crippen LogP contribution in [0, 0.1) is 0 Å². The molecule has 2 aromatic carbocycles. The zero-order chi connectivity index (χ0) is 20.8. The summed E-state index contributed by atoms with van der Waals surface area (Å²) in [6.45, 7) is 2.62. The lowest BCUT2D eigenvalue weighted by molar-refractivity contribution is 0.0802. The van der Waals surface area contributed by atoms with Gasteiger partial charge in [-0.2, -0.15) is 0 Å². The van der Waals surface area contributed by atoms with Crippen LogP contribution in [0.1, 0.15) is 39.6 Å². The van der Waals surface area contributed by atoms with Gasteiger partial charge in [-0.25, -0.2) is 4.98 Å². The van der Waals surface area contributed by atoms with Crippen LogP contribution in [-0.4, -0.2) is 35.2 Å². The molecule has 0 saturated heterocycles. The number of Topliss-reactive ketones (excluding diaryl/α,β-unsaturated/α-hetero) is 1. The number of benzene rings is 2. The third kappa shape index (κ3) is 4.88. The number of aryl methyl sites for hydroxylation is 1. The zero-order valence-electron chi connectivity index (χ0n) is 16.8. The second-order valence-corrected chi connectivity index (χ2v) is 6.94. The highest BCUT2D eigenvalue weighted by Gasteiger charge is 2.11. The Hall–Kier alpha value is -3.47. The van der Waals surface area contributed by atoms with E-state index < -0.39 is 0 Å². The lowest BCUT2D eigenvalue weighted by atomic mass is 9.99. The molecule has 0 aliphatic heterocycles. The van der Waals surface area contributed by atoms with Crippen LogP contribution in [-0.2, 0) is 6.42 Å². The first-order valence-electron chi connectivity index (χ1n) is 9.68. The molecule has 0 aliphatic carbocycles. The maximum atomic E-state index is 12.5. The molecule has 0 atom stereocenters. The lowest BCUT2D eigenvalue weighted by Gasteiger charge is -2.14. The molecule has 29 heavy (non-hydrogen) atoms. The van der Waals surface area contributed by atoms with Crippen LogP contribution in [0.4, 0.5) is 5.82 Å². The third-order valence-electron chi connectivity index (χ3n) is 5.04. The largest absolute Gasteiger partial charge is 0.383 e. The fourth-order valence-corrected chi connectivity index (χ4v) is 3.07. The van der Waals surface area contributed by atoms with Crippen molar-refractivity contribution < 1.29 is 9.59 Å². The number of aromatic nitrogens is 1. The summed E-state index contributed by atoms with van der Waals surface area (Å²) in [5.74, 6) is 0.556. The summed E-state index contributed by atoms with van der Waals surface area (Å²) in [5, 5.41) is 0. The van der Waals surface area contributed by atoms with Gasteiger partial charge < -0.3 is 10.6 Å². The van der Waals surface area contributed by atoms with Crippen LogP contribution in [0.15, 0.2) is 66.9 Å². The molecule has 1 heterocycles. The Kier molecular flexibility index (Phi) is 6.39. The minimum Gasteiger partial charge on any atom is -0.383 e. The average molecular weight is 387 g/mol. The number of carbonyl (C=O) groups is 2. The van der Waals surface area contributed by atoms with Gasteiger partial charge in [-0.05, 0) is 48.2 Å². The number of ketones is 1. The van der Waals surface area contributed by atoms with Crippen molar-refractivity contribution >= 4 is 17.5 Å². The summed E-state index contributed by atoms with van der Waals surface area (Å²) in [6, 6.07) is 18.8. The number of amides is 1. The summed E-state index contributed by atoms with van der Waals surface area (Å²) < 4.78 is 0. The van der Waals surface area contributed by atoms with Gasteiger partial charge in [0.25, 0.3) is 5.91 Å². The number of carbonyl (C=O) groups excluding carboxylic acids is 2. The molecule has 3 aromatic rings. The van der Waals surface area contributed by atoms with Crippen molar-refractivity contribution in [2.24, 2.45) is 0 Å². The van der Waals surface area contributed by atoms with Crippen LogP contribution in [0.2, 0.25) is 0 Å². The number of anilines is 1. The van der Waals surface area contributed by atoms with Gasteiger partial charge in [-0.1, -0.05) is 42.5 Å². The molecule has 148 valence electrons. The van der Waals surface area contributed by atoms with Crippen molar-refractivity contribution in [1.29, 1.82) is 0 Å². The van der Waals surface area contributed by atoms with Gasteiger partial charge in [-0.15, -0.1) is 0 Å². The third-order valence-corrected chi connectivity index (χ3v) is 5.04. The minimum atomic E-state index is 0.00856. The van der Waals surface area contributed by atoms with Crippen LogP contribution >= 0.6 is 0 Å². The van der Waals surface area contributed by atoms with E-state index in [1.54, 1.807) is 18.1 Å². The second-order valence-electron chi connectivity index (χ2n) is 6.94. The summed E-state index contributed by atoms with van der Waals surface area (Å²) in [6.07, 6.45) is 2.60. The van der Waals surface area contributed by atoms with Crippen molar-refractivity contribution in [3.63, 3.8) is 0 Å². The summed E-state index contributed by atoms with van der Waals surface area (Å²) >= 11 is 0. The monoisotopic (exact) mass is 387 g/mol. The Labute approximate surface area is 171 Å². The van der Waals surface area contributed by atoms with Crippen molar-refractivity contribution in [2.75, 3.05) is 19.3 Å². The molecule has 3 rings (SSSR count). The first kappa shape index (κ1) is 20.3. The van der Waals surface area contributed by atoms with Crippen molar-refractivity contribution in [3.8, 4) is 11.1 Å². The van der Waals surface area contributed by atoms with Crippen LogP contribution < -0.4 is 5.73 Å². The molecule has 0 aliphatic rings. The SMILES string of the molecule is CCN(C)C(=O)c1ccc(-c2ccc(C(=O)CCc3cccnc3N)cc2)cc1. The molecule has 0 saturated carbocycles. The van der Waals surface area contributed by atoms with Gasteiger partial charge >= 0.3 is 0 Å². The predicted molar refractivity (Wildman–Crippen MR) is 116 cm³/mol. The highest BCUT2D eigenvalue weighted by atomic mass is 16.2. The minimum absolute atomic E-state index is 0.00856.